The van der Waals surface area contributed by atoms with Crippen LogP contribution in [0.3, 0.4) is 0 Å². The number of hydrogen-bond acceptors (Lipinski definition) is 3. The number of rotatable bonds is 4. The number of nitrogens with two attached hydrogens (primary N) is 1. The highest BCUT2D eigenvalue weighted by molar-refractivity contribution is 5.82. The Labute approximate surface area is 83.7 Å². The molecule has 0 aliphatic heterocycles. The minimum atomic E-state index is -0.936. The molecule has 1 amide bonds. The molecule has 0 saturated heterocycles. The van der Waals surface area contributed by atoms with Gasteiger partial charge >= 0.3 is 5.97 Å². The minimum absolute atomic E-state index is 0.0808. The van der Waals surface area contributed by atoms with Crippen LogP contribution in [0.4, 0.5) is 0 Å². The Balaban J connectivity index is 3.91. The Bertz CT molecular complexity index is 221. The van der Waals surface area contributed by atoms with E-state index in [1.807, 2.05) is 20.8 Å². The summed E-state index contributed by atoms with van der Waals surface area (Å²) in [7, 11) is 0. The highest BCUT2D eigenvalue weighted by atomic mass is 16.4. The highest BCUT2D eigenvalue weighted by Crippen LogP contribution is 2.16. The number of nitrogens with one attached hydrogen (secondary N) is 1. The number of hydrogen-bond donors (Lipinski definition) is 3. The van der Waals surface area contributed by atoms with E-state index >= 15 is 0 Å². The van der Waals surface area contributed by atoms with Gasteiger partial charge in [-0.15, -0.1) is 0 Å². The number of carbonyl (C=O) groups excluding carboxylic acids is 1. The molecular weight excluding hydrogens is 184 g/mol. The van der Waals surface area contributed by atoms with Crippen molar-refractivity contribution < 1.29 is 14.7 Å². The number of carboxylic acid groups (broad SMARTS) is 1. The molecule has 0 radical (unpaired) electrons. The Morgan fingerprint density at radius 1 is 1.43 bits per heavy atom. The van der Waals surface area contributed by atoms with Crippen LogP contribution in [0.2, 0.25) is 0 Å². The van der Waals surface area contributed by atoms with Crippen molar-refractivity contribution in [2.75, 3.05) is 6.54 Å². The number of amides is 1. The summed E-state index contributed by atoms with van der Waals surface area (Å²) in [5.41, 5.74) is 5.34. The molecule has 5 nitrogen and oxygen atoms in total. The van der Waals surface area contributed by atoms with Gasteiger partial charge in [0, 0.05) is 6.54 Å². The molecule has 0 spiro atoms. The van der Waals surface area contributed by atoms with Crippen LogP contribution >= 0.6 is 0 Å². The first kappa shape index (κ1) is 12.9. The van der Waals surface area contributed by atoms with E-state index in [9.17, 15) is 9.59 Å². The monoisotopic (exact) mass is 202 g/mol. The van der Waals surface area contributed by atoms with E-state index in [1.165, 1.54) is 0 Å². The van der Waals surface area contributed by atoms with Crippen molar-refractivity contribution in [2.24, 2.45) is 11.1 Å². The third kappa shape index (κ3) is 4.81. The van der Waals surface area contributed by atoms with Gasteiger partial charge in [0.25, 0.3) is 0 Å². The van der Waals surface area contributed by atoms with Crippen molar-refractivity contribution in [3.8, 4) is 0 Å². The minimum Gasteiger partial charge on any atom is -0.481 e. The van der Waals surface area contributed by atoms with Crippen molar-refractivity contribution in [1.29, 1.82) is 0 Å². The molecule has 0 aromatic rings. The molecule has 0 bridgehead atoms. The Hall–Kier alpha value is -1.10. The van der Waals surface area contributed by atoms with E-state index in [-0.39, 0.29) is 24.3 Å². The second-order valence-corrected chi connectivity index (χ2v) is 4.28. The second kappa shape index (κ2) is 4.95. The Kier molecular flexibility index (Phi) is 4.56. The van der Waals surface area contributed by atoms with Gasteiger partial charge < -0.3 is 16.2 Å². The van der Waals surface area contributed by atoms with Crippen molar-refractivity contribution >= 4 is 11.9 Å². The zero-order valence-electron chi connectivity index (χ0n) is 8.83. The van der Waals surface area contributed by atoms with Gasteiger partial charge in [0.15, 0.2) is 0 Å². The summed E-state index contributed by atoms with van der Waals surface area (Å²) in [5.74, 6) is -1.24. The van der Waals surface area contributed by atoms with Gasteiger partial charge in [0.1, 0.15) is 0 Å². The topological polar surface area (TPSA) is 92.4 Å². The summed E-state index contributed by atoms with van der Waals surface area (Å²) < 4.78 is 0. The highest BCUT2D eigenvalue weighted by Gasteiger charge is 2.26. The van der Waals surface area contributed by atoms with E-state index in [4.69, 9.17) is 10.8 Å². The van der Waals surface area contributed by atoms with Gasteiger partial charge in [0.05, 0.1) is 12.5 Å². The van der Waals surface area contributed by atoms with Crippen LogP contribution in [0.1, 0.15) is 27.2 Å². The fourth-order valence-corrected chi connectivity index (χ4v) is 0.796. The summed E-state index contributed by atoms with van der Waals surface area (Å²) in [4.78, 5) is 21.5. The Morgan fingerprint density at radius 3 is 2.29 bits per heavy atom. The zero-order chi connectivity index (χ0) is 11.4. The molecule has 4 N–H and O–H groups in total. The molecule has 0 saturated carbocycles. The molecule has 0 aromatic heterocycles. The Morgan fingerprint density at radius 2 is 1.93 bits per heavy atom. The average Bonchev–Trinajstić information content (AvgIpc) is 2.00. The average molecular weight is 202 g/mol. The molecule has 0 heterocycles. The lowest BCUT2D eigenvalue weighted by Gasteiger charge is -2.25. The molecule has 0 aromatic carbocycles. The molecule has 82 valence electrons. The normalized spacial score (nSPS) is 13.4. The van der Waals surface area contributed by atoms with Crippen LogP contribution in [-0.4, -0.2) is 29.6 Å². The predicted octanol–water partition coefficient (Wildman–Crippen LogP) is -0.0493. The van der Waals surface area contributed by atoms with Crippen molar-refractivity contribution in [3.05, 3.63) is 0 Å². The van der Waals surface area contributed by atoms with Crippen molar-refractivity contribution in [2.45, 2.75) is 33.2 Å². The van der Waals surface area contributed by atoms with Gasteiger partial charge in [-0.25, -0.2) is 0 Å². The summed E-state index contributed by atoms with van der Waals surface area (Å²) in [6, 6.07) is -0.615. The van der Waals surface area contributed by atoms with Gasteiger partial charge in [-0.1, -0.05) is 20.8 Å². The predicted molar refractivity (Wildman–Crippen MR) is 52.7 cm³/mol. The largest absolute Gasteiger partial charge is 0.481 e. The summed E-state index contributed by atoms with van der Waals surface area (Å²) in [6.45, 7) is 5.69. The molecule has 5 heteroatoms. The van der Waals surface area contributed by atoms with Crippen molar-refractivity contribution in [1.82, 2.24) is 5.32 Å². The van der Waals surface area contributed by atoms with E-state index in [0.717, 1.165) is 0 Å². The van der Waals surface area contributed by atoms with E-state index in [0.29, 0.717) is 0 Å². The molecule has 1 unspecified atom stereocenters. The first-order valence-corrected chi connectivity index (χ1v) is 4.50. The van der Waals surface area contributed by atoms with Crippen molar-refractivity contribution in [3.63, 3.8) is 0 Å². The SMILES string of the molecule is CC(C)(C)C(N)C(=O)NCCC(=O)O. The second-order valence-electron chi connectivity index (χ2n) is 4.28. The maximum Gasteiger partial charge on any atom is 0.305 e. The van der Waals surface area contributed by atoms with E-state index in [1.54, 1.807) is 0 Å². The molecule has 14 heavy (non-hydrogen) atoms. The molecule has 0 rings (SSSR count). The van der Waals surface area contributed by atoms with Crippen LogP contribution in [0, 0.1) is 5.41 Å². The summed E-state index contributed by atoms with van der Waals surface area (Å²) in [6.07, 6.45) is -0.0808. The summed E-state index contributed by atoms with van der Waals surface area (Å²) >= 11 is 0. The maximum atomic E-state index is 11.3. The lowest BCUT2D eigenvalue weighted by Crippen LogP contribution is -2.48. The molecule has 1 atom stereocenters. The van der Waals surface area contributed by atoms with Gasteiger partial charge in [-0.2, -0.15) is 0 Å². The third-order valence-corrected chi connectivity index (χ3v) is 1.85. The molecule has 0 fully saturated rings. The van der Waals surface area contributed by atoms with E-state index in [2.05, 4.69) is 5.32 Å². The third-order valence-electron chi connectivity index (χ3n) is 1.85. The quantitative estimate of drug-likeness (QED) is 0.596. The zero-order valence-corrected chi connectivity index (χ0v) is 8.83. The fraction of sp³-hybridized carbons (Fsp3) is 0.778. The van der Waals surface area contributed by atoms with Crippen LogP contribution < -0.4 is 11.1 Å². The number of carboxylic acids is 1. The van der Waals surface area contributed by atoms with Crippen LogP contribution in [0.25, 0.3) is 0 Å². The first-order valence-electron chi connectivity index (χ1n) is 4.50. The number of carbonyl (C=O) groups is 2. The maximum absolute atomic E-state index is 11.3. The molecule has 0 aliphatic rings. The lowest BCUT2D eigenvalue weighted by atomic mass is 9.87. The van der Waals surface area contributed by atoms with Crippen LogP contribution in [0.15, 0.2) is 0 Å². The molecular formula is C9H18N2O3. The number of aliphatic carboxylic acids is 1. The molecule has 0 aliphatic carbocycles. The van der Waals surface area contributed by atoms with Crippen LogP contribution in [0.5, 0.6) is 0 Å². The smallest absolute Gasteiger partial charge is 0.305 e. The van der Waals surface area contributed by atoms with Gasteiger partial charge in [0.2, 0.25) is 5.91 Å². The lowest BCUT2D eigenvalue weighted by molar-refractivity contribution is -0.137. The van der Waals surface area contributed by atoms with E-state index < -0.39 is 12.0 Å². The standard InChI is InChI=1S/C9H18N2O3/c1-9(2,3)7(10)8(14)11-5-4-6(12)13/h7H,4-5,10H2,1-3H3,(H,11,14)(H,12,13). The summed E-state index contributed by atoms with van der Waals surface area (Å²) in [5, 5.41) is 10.8. The first-order chi connectivity index (χ1) is 6.25. The fourth-order valence-electron chi connectivity index (χ4n) is 0.796. The van der Waals surface area contributed by atoms with Crippen LogP contribution in [-0.2, 0) is 9.59 Å². The van der Waals surface area contributed by atoms with Gasteiger partial charge in [-0.3, -0.25) is 9.59 Å². The van der Waals surface area contributed by atoms with Gasteiger partial charge in [-0.05, 0) is 5.41 Å².